The van der Waals surface area contributed by atoms with Gasteiger partial charge in [-0.1, -0.05) is 30.3 Å². The van der Waals surface area contributed by atoms with Gasteiger partial charge in [0.05, 0.1) is 6.54 Å². The monoisotopic (exact) mass is 283 g/mol. The number of likely N-dealkylation sites (tertiary alicyclic amines) is 1. The Balaban J connectivity index is 1.41. The van der Waals surface area contributed by atoms with Gasteiger partial charge in [-0.25, -0.2) is 0 Å². The first-order valence-electron chi connectivity index (χ1n) is 7.99. The largest absolute Gasteiger partial charge is 0.424 e. The Morgan fingerprint density at radius 3 is 2.76 bits per heavy atom. The Labute approximate surface area is 125 Å². The molecule has 0 amide bonds. The lowest BCUT2D eigenvalue weighted by atomic mass is 10.0. The number of hydrogen-bond acceptors (Lipinski definition) is 4. The Morgan fingerprint density at radius 2 is 1.95 bits per heavy atom. The quantitative estimate of drug-likeness (QED) is 0.845. The van der Waals surface area contributed by atoms with E-state index < -0.39 is 0 Å². The summed E-state index contributed by atoms with van der Waals surface area (Å²) in [6, 6.07) is 11.4. The van der Waals surface area contributed by atoms with E-state index in [1.165, 1.54) is 31.2 Å². The Morgan fingerprint density at radius 1 is 1.10 bits per heavy atom. The molecule has 1 unspecified atom stereocenters. The molecule has 2 aliphatic rings. The van der Waals surface area contributed by atoms with Crippen molar-refractivity contribution in [3.8, 4) is 0 Å². The third kappa shape index (κ3) is 3.00. The molecule has 0 N–H and O–H groups in total. The second-order valence-electron chi connectivity index (χ2n) is 6.26. The van der Waals surface area contributed by atoms with E-state index in [0.717, 1.165) is 31.3 Å². The predicted octanol–water partition coefficient (Wildman–Crippen LogP) is 3.15. The smallest absolute Gasteiger partial charge is 0.230 e. The highest BCUT2D eigenvalue weighted by atomic mass is 16.4. The van der Waals surface area contributed by atoms with Crippen molar-refractivity contribution in [2.24, 2.45) is 0 Å². The minimum Gasteiger partial charge on any atom is -0.424 e. The third-order valence-corrected chi connectivity index (χ3v) is 4.56. The molecule has 1 aromatic heterocycles. The fourth-order valence-corrected chi connectivity index (χ4v) is 3.22. The molecule has 0 radical (unpaired) electrons. The first-order valence-corrected chi connectivity index (χ1v) is 7.99. The van der Waals surface area contributed by atoms with Crippen molar-refractivity contribution in [1.29, 1.82) is 0 Å². The van der Waals surface area contributed by atoms with Crippen LogP contribution in [0.2, 0.25) is 0 Å². The zero-order valence-corrected chi connectivity index (χ0v) is 12.2. The second-order valence-corrected chi connectivity index (χ2v) is 6.26. The highest BCUT2D eigenvalue weighted by molar-refractivity contribution is 5.16. The molecular weight excluding hydrogens is 262 g/mol. The van der Waals surface area contributed by atoms with E-state index in [2.05, 4.69) is 45.4 Å². The first kappa shape index (κ1) is 13.0. The van der Waals surface area contributed by atoms with Crippen LogP contribution >= 0.6 is 0 Å². The van der Waals surface area contributed by atoms with Gasteiger partial charge in [0.2, 0.25) is 11.8 Å². The number of rotatable bonds is 5. The van der Waals surface area contributed by atoms with Gasteiger partial charge >= 0.3 is 0 Å². The molecule has 2 fully saturated rings. The van der Waals surface area contributed by atoms with Crippen LogP contribution in [0.15, 0.2) is 34.7 Å². The van der Waals surface area contributed by atoms with Crippen LogP contribution in [0, 0.1) is 0 Å². The van der Waals surface area contributed by atoms with Gasteiger partial charge in [-0.2, -0.15) is 0 Å². The summed E-state index contributed by atoms with van der Waals surface area (Å²) in [6.07, 6.45) is 6.06. The van der Waals surface area contributed by atoms with Crippen LogP contribution in [-0.4, -0.2) is 27.7 Å². The van der Waals surface area contributed by atoms with Gasteiger partial charge in [0.1, 0.15) is 0 Å². The summed E-state index contributed by atoms with van der Waals surface area (Å²) in [7, 11) is 0. The van der Waals surface area contributed by atoms with E-state index in [1.54, 1.807) is 0 Å². The molecule has 21 heavy (non-hydrogen) atoms. The van der Waals surface area contributed by atoms with Gasteiger partial charge in [-0.3, -0.25) is 4.90 Å². The Hall–Kier alpha value is -1.68. The number of hydrogen-bond donors (Lipinski definition) is 0. The molecule has 2 aromatic rings. The van der Waals surface area contributed by atoms with Crippen LogP contribution in [0.3, 0.4) is 0 Å². The summed E-state index contributed by atoms with van der Waals surface area (Å²) in [5.74, 6) is 2.19. The molecule has 1 aromatic carbocycles. The highest BCUT2D eigenvalue weighted by Crippen LogP contribution is 2.39. The summed E-state index contributed by atoms with van der Waals surface area (Å²) in [4.78, 5) is 2.50. The van der Waals surface area contributed by atoms with E-state index >= 15 is 0 Å². The number of aromatic nitrogens is 2. The lowest BCUT2D eigenvalue weighted by molar-refractivity contribution is 0.218. The van der Waals surface area contributed by atoms with Crippen LogP contribution in [0.4, 0.5) is 0 Å². The lowest BCUT2D eigenvalue weighted by Gasteiger charge is -2.22. The van der Waals surface area contributed by atoms with Crippen molar-refractivity contribution >= 4 is 0 Å². The molecule has 4 rings (SSSR count). The lowest BCUT2D eigenvalue weighted by Crippen LogP contribution is -2.30. The van der Waals surface area contributed by atoms with Crippen LogP contribution in [0.5, 0.6) is 0 Å². The number of benzene rings is 1. The minimum absolute atomic E-state index is 0.546. The summed E-state index contributed by atoms with van der Waals surface area (Å²) in [5, 5.41) is 8.41. The SMILES string of the molecule is c1ccc(CC2CCCN2Cc2nnc(C3CC3)o2)cc1. The standard InChI is InChI=1S/C17H21N3O/c1-2-5-13(6-3-1)11-15-7-4-10-20(15)12-16-18-19-17(21-16)14-8-9-14/h1-3,5-6,14-15H,4,7-12H2. The first-order chi connectivity index (χ1) is 10.4. The molecule has 1 aliphatic heterocycles. The average Bonchev–Trinajstić information content (AvgIpc) is 3.12. The maximum Gasteiger partial charge on any atom is 0.230 e. The van der Waals surface area contributed by atoms with Crippen LogP contribution in [0.25, 0.3) is 0 Å². The molecular formula is C17H21N3O. The maximum absolute atomic E-state index is 5.80. The van der Waals surface area contributed by atoms with E-state index in [9.17, 15) is 0 Å². The minimum atomic E-state index is 0.546. The van der Waals surface area contributed by atoms with E-state index in [0.29, 0.717) is 12.0 Å². The van der Waals surface area contributed by atoms with Crippen molar-refractivity contribution in [2.45, 2.75) is 50.6 Å². The molecule has 110 valence electrons. The van der Waals surface area contributed by atoms with Crippen molar-refractivity contribution < 1.29 is 4.42 Å². The normalized spacial score (nSPS) is 22.8. The summed E-state index contributed by atoms with van der Waals surface area (Å²) < 4.78 is 5.80. The molecule has 0 bridgehead atoms. The highest BCUT2D eigenvalue weighted by Gasteiger charge is 2.31. The zero-order chi connectivity index (χ0) is 14.1. The van der Waals surface area contributed by atoms with Gasteiger partial charge in [-0.15, -0.1) is 10.2 Å². The average molecular weight is 283 g/mol. The van der Waals surface area contributed by atoms with E-state index in [4.69, 9.17) is 4.42 Å². The predicted molar refractivity (Wildman–Crippen MR) is 79.9 cm³/mol. The Kier molecular flexibility index (Phi) is 3.47. The molecule has 4 heteroatoms. The van der Waals surface area contributed by atoms with E-state index in [1.807, 2.05) is 0 Å². The van der Waals surface area contributed by atoms with Crippen molar-refractivity contribution in [3.05, 3.63) is 47.7 Å². The summed E-state index contributed by atoms with van der Waals surface area (Å²) in [6.45, 7) is 1.94. The van der Waals surface area contributed by atoms with Crippen molar-refractivity contribution in [3.63, 3.8) is 0 Å². The molecule has 1 saturated heterocycles. The van der Waals surface area contributed by atoms with Gasteiger partial charge < -0.3 is 4.42 Å². The molecule has 0 spiro atoms. The fraction of sp³-hybridized carbons (Fsp3) is 0.529. The topological polar surface area (TPSA) is 42.2 Å². The maximum atomic E-state index is 5.80. The molecule has 2 heterocycles. The van der Waals surface area contributed by atoms with E-state index in [-0.39, 0.29) is 0 Å². The molecule has 1 saturated carbocycles. The van der Waals surface area contributed by atoms with Crippen molar-refractivity contribution in [2.75, 3.05) is 6.54 Å². The van der Waals surface area contributed by atoms with Gasteiger partial charge in [0.25, 0.3) is 0 Å². The summed E-state index contributed by atoms with van der Waals surface area (Å²) in [5.41, 5.74) is 1.42. The van der Waals surface area contributed by atoms with Gasteiger partial charge in [0, 0.05) is 12.0 Å². The third-order valence-electron chi connectivity index (χ3n) is 4.56. The van der Waals surface area contributed by atoms with Crippen LogP contribution in [-0.2, 0) is 13.0 Å². The zero-order valence-electron chi connectivity index (χ0n) is 12.2. The Bertz CT molecular complexity index is 591. The van der Waals surface area contributed by atoms with Crippen LogP contribution < -0.4 is 0 Å². The molecule has 1 atom stereocenters. The number of nitrogens with zero attached hydrogens (tertiary/aromatic N) is 3. The van der Waals surface area contributed by atoms with Gasteiger partial charge in [-0.05, 0) is 44.2 Å². The fourth-order valence-electron chi connectivity index (χ4n) is 3.22. The van der Waals surface area contributed by atoms with Crippen molar-refractivity contribution in [1.82, 2.24) is 15.1 Å². The molecule has 1 aliphatic carbocycles. The molecule has 4 nitrogen and oxygen atoms in total. The van der Waals surface area contributed by atoms with Crippen LogP contribution in [0.1, 0.15) is 48.9 Å². The summed E-state index contributed by atoms with van der Waals surface area (Å²) >= 11 is 0. The van der Waals surface area contributed by atoms with Gasteiger partial charge in [0.15, 0.2) is 0 Å². The second kappa shape index (κ2) is 5.60.